The molecule has 0 bridgehead atoms. The molecule has 2 rings (SSSR count). The van der Waals surface area contributed by atoms with Gasteiger partial charge in [0.05, 0.1) is 0 Å². The Hall–Kier alpha value is -2.28. The SMILES string of the molecule is C=C/C(=C/c1ccccc1)c1ccccc1O. The third-order valence-corrected chi connectivity index (χ3v) is 2.56. The Bertz CT molecular complexity index is 538. The number of para-hydroxylation sites is 1. The van der Waals surface area contributed by atoms with Crippen LogP contribution in [0.15, 0.2) is 67.3 Å². The zero-order chi connectivity index (χ0) is 12.1. The number of allylic oxidation sites excluding steroid dienone is 2. The van der Waals surface area contributed by atoms with Crippen molar-refractivity contribution in [1.29, 1.82) is 0 Å². The number of phenolic OH excluding ortho intramolecular Hbond substituents is 1. The zero-order valence-corrected chi connectivity index (χ0v) is 9.51. The van der Waals surface area contributed by atoms with Crippen LogP contribution in [0, 0.1) is 0 Å². The summed E-state index contributed by atoms with van der Waals surface area (Å²) in [5.41, 5.74) is 2.80. The van der Waals surface area contributed by atoms with Gasteiger partial charge in [-0.15, -0.1) is 0 Å². The molecule has 2 aromatic carbocycles. The fraction of sp³-hybridized carbons (Fsp3) is 0. The van der Waals surface area contributed by atoms with Crippen LogP contribution in [-0.2, 0) is 0 Å². The number of aromatic hydroxyl groups is 1. The van der Waals surface area contributed by atoms with Crippen LogP contribution in [0.3, 0.4) is 0 Å². The average molecular weight is 222 g/mol. The van der Waals surface area contributed by atoms with Gasteiger partial charge in [0.15, 0.2) is 0 Å². The summed E-state index contributed by atoms with van der Waals surface area (Å²) < 4.78 is 0. The molecule has 1 nitrogen and oxygen atoms in total. The van der Waals surface area contributed by atoms with Crippen LogP contribution >= 0.6 is 0 Å². The largest absolute Gasteiger partial charge is 0.507 e. The average Bonchev–Trinajstić information content (AvgIpc) is 2.38. The first-order valence-electron chi connectivity index (χ1n) is 5.49. The van der Waals surface area contributed by atoms with Crippen LogP contribution in [0.1, 0.15) is 11.1 Å². The van der Waals surface area contributed by atoms with Gasteiger partial charge >= 0.3 is 0 Å². The molecule has 0 saturated carbocycles. The minimum atomic E-state index is 0.273. The Balaban J connectivity index is 2.45. The minimum absolute atomic E-state index is 0.273. The van der Waals surface area contributed by atoms with Crippen LogP contribution in [0.4, 0.5) is 0 Å². The summed E-state index contributed by atoms with van der Waals surface area (Å²) in [6, 6.07) is 17.2. The van der Waals surface area contributed by atoms with Crippen molar-refractivity contribution in [2.75, 3.05) is 0 Å². The Morgan fingerprint density at radius 1 is 0.941 bits per heavy atom. The van der Waals surface area contributed by atoms with E-state index in [9.17, 15) is 5.11 Å². The highest BCUT2D eigenvalue weighted by Gasteiger charge is 2.02. The van der Waals surface area contributed by atoms with E-state index in [1.165, 1.54) is 0 Å². The molecule has 1 heteroatoms. The molecule has 0 spiro atoms. The van der Waals surface area contributed by atoms with E-state index < -0.39 is 0 Å². The van der Waals surface area contributed by atoms with E-state index in [0.29, 0.717) is 0 Å². The van der Waals surface area contributed by atoms with Crippen LogP contribution in [0.2, 0.25) is 0 Å². The molecule has 2 aromatic rings. The Kier molecular flexibility index (Phi) is 3.41. The molecule has 0 aliphatic heterocycles. The third kappa shape index (κ3) is 2.64. The third-order valence-electron chi connectivity index (χ3n) is 2.56. The first kappa shape index (κ1) is 11.2. The van der Waals surface area contributed by atoms with E-state index >= 15 is 0 Å². The lowest BCUT2D eigenvalue weighted by atomic mass is 10.0. The van der Waals surface area contributed by atoms with Crippen molar-refractivity contribution in [3.8, 4) is 5.75 Å². The summed E-state index contributed by atoms with van der Waals surface area (Å²) in [7, 11) is 0. The molecule has 0 heterocycles. The van der Waals surface area contributed by atoms with Crippen molar-refractivity contribution in [1.82, 2.24) is 0 Å². The quantitative estimate of drug-likeness (QED) is 0.611. The van der Waals surface area contributed by atoms with Gasteiger partial charge in [-0.05, 0) is 23.3 Å². The molecule has 0 aliphatic carbocycles. The highest BCUT2D eigenvalue weighted by Crippen LogP contribution is 2.26. The second kappa shape index (κ2) is 5.17. The van der Waals surface area contributed by atoms with Crippen molar-refractivity contribution < 1.29 is 5.11 Å². The molecule has 0 aromatic heterocycles. The maximum absolute atomic E-state index is 9.80. The number of phenols is 1. The zero-order valence-electron chi connectivity index (χ0n) is 9.51. The maximum Gasteiger partial charge on any atom is 0.123 e. The van der Waals surface area contributed by atoms with Gasteiger partial charge in [-0.1, -0.05) is 61.2 Å². The van der Waals surface area contributed by atoms with Gasteiger partial charge in [0.25, 0.3) is 0 Å². The maximum atomic E-state index is 9.80. The summed E-state index contributed by atoms with van der Waals surface area (Å²) in [6.07, 6.45) is 3.75. The standard InChI is InChI=1S/C16H14O/c1-2-14(12-13-8-4-3-5-9-13)15-10-6-7-11-16(15)17/h2-12,17H,1H2/b14-12-. The summed E-state index contributed by atoms with van der Waals surface area (Å²) in [5, 5.41) is 9.80. The molecule has 0 aliphatic rings. The predicted octanol–water partition coefficient (Wildman–Crippen LogP) is 4.12. The van der Waals surface area contributed by atoms with E-state index in [-0.39, 0.29) is 5.75 Å². The molecule has 84 valence electrons. The van der Waals surface area contributed by atoms with Crippen molar-refractivity contribution in [2.45, 2.75) is 0 Å². The lowest BCUT2D eigenvalue weighted by Gasteiger charge is -2.05. The predicted molar refractivity (Wildman–Crippen MR) is 72.6 cm³/mol. The van der Waals surface area contributed by atoms with Crippen molar-refractivity contribution in [3.05, 3.63) is 78.4 Å². The van der Waals surface area contributed by atoms with Gasteiger partial charge < -0.3 is 5.11 Å². The van der Waals surface area contributed by atoms with E-state index in [1.807, 2.05) is 54.6 Å². The Labute approximate surface area is 101 Å². The van der Waals surface area contributed by atoms with Crippen LogP contribution in [0.25, 0.3) is 11.6 Å². The number of hydrogen-bond acceptors (Lipinski definition) is 1. The minimum Gasteiger partial charge on any atom is -0.507 e. The first-order chi connectivity index (χ1) is 8.31. The number of rotatable bonds is 3. The topological polar surface area (TPSA) is 20.2 Å². The second-order valence-corrected chi connectivity index (χ2v) is 3.73. The van der Waals surface area contributed by atoms with Gasteiger partial charge in [-0.25, -0.2) is 0 Å². The van der Waals surface area contributed by atoms with Gasteiger partial charge in [-0.3, -0.25) is 0 Å². The molecule has 0 unspecified atom stereocenters. The van der Waals surface area contributed by atoms with Crippen LogP contribution < -0.4 is 0 Å². The molecule has 17 heavy (non-hydrogen) atoms. The summed E-state index contributed by atoms with van der Waals surface area (Å²) in [5.74, 6) is 0.273. The van der Waals surface area contributed by atoms with Gasteiger partial charge in [0.1, 0.15) is 5.75 Å². The van der Waals surface area contributed by atoms with Crippen molar-refractivity contribution in [2.24, 2.45) is 0 Å². The lowest BCUT2D eigenvalue weighted by molar-refractivity contribution is 0.474. The van der Waals surface area contributed by atoms with Gasteiger partial charge in [-0.2, -0.15) is 0 Å². The highest BCUT2D eigenvalue weighted by atomic mass is 16.3. The monoisotopic (exact) mass is 222 g/mol. The van der Waals surface area contributed by atoms with Gasteiger partial charge in [0.2, 0.25) is 0 Å². The van der Waals surface area contributed by atoms with E-state index in [0.717, 1.165) is 16.7 Å². The van der Waals surface area contributed by atoms with Gasteiger partial charge in [0, 0.05) is 5.56 Å². The second-order valence-electron chi connectivity index (χ2n) is 3.73. The van der Waals surface area contributed by atoms with Crippen molar-refractivity contribution >= 4 is 11.6 Å². The molecule has 0 fully saturated rings. The Morgan fingerprint density at radius 3 is 2.24 bits per heavy atom. The first-order valence-corrected chi connectivity index (χ1v) is 5.49. The molecular weight excluding hydrogens is 208 g/mol. The van der Waals surface area contributed by atoms with Crippen LogP contribution in [-0.4, -0.2) is 5.11 Å². The Morgan fingerprint density at radius 2 is 1.59 bits per heavy atom. The molecule has 1 N–H and O–H groups in total. The smallest absolute Gasteiger partial charge is 0.123 e. The molecular formula is C16H14O. The fourth-order valence-corrected chi connectivity index (χ4v) is 1.69. The summed E-state index contributed by atoms with van der Waals surface area (Å²) >= 11 is 0. The van der Waals surface area contributed by atoms with E-state index in [2.05, 4.69) is 6.58 Å². The highest BCUT2D eigenvalue weighted by molar-refractivity contribution is 5.89. The van der Waals surface area contributed by atoms with E-state index in [4.69, 9.17) is 0 Å². The molecule has 0 radical (unpaired) electrons. The molecule has 0 atom stereocenters. The molecule has 0 saturated heterocycles. The normalized spacial score (nSPS) is 11.2. The summed E-state index contributed by atoms with van der Waals surface area (Å²) in [4.78, 5) is 0. The fourth-order valence-electron chi connectivity index (χ4n) is 1.69. The van der Waals surface area contributed by atoms with E-state index in [1.54, 1.807) is 12.1 Å². The van der Waals surface area contributed by atoms with Crippen molar-refractivity contribution in [3.63, 3.8) is 0 Å². The summed E-state index contributed by atoms with van der Waals surface area (Å²) in [6.45, 7) is 3.80. The lowest BCUT2D eigenvalue weighted by Crippen LogP contribution is -1.82. The van der Waals surface area contributed by atoms with Crippen LogP contribution in [0.5, 0.6) is 5.75 Å². The number of benzene rings is 2. The molecule has 0 amide bonds. The number of hydrogen-bond donors (Lipinski definition) is 1.